The third-order valence-corrected chi connectivity index (χ3v) is 17.6. The minimum atomic E-state index is -4.94. The number of hydrogen-bond donors (Lipinski definition) is 4. The Kier molecular flexibility index (Phi) is 68.8. The number of carbonyl (C=O) groups is 3. The van der Waals surface area contributed by atoms with E-state index >= 15 is 0 Å². The third kappa shape index (κ3) is 73.0. The minimum absolute atomic E-state index is 0.0791. The lowest BCUT2D eigenvalue weighted by Crippen LogP contribution is -2.30. The number of aliphatic hydroxyl groups is 2. The Labute approximate surface area is 589 Å². The van der Waals surface area contributed by atoms with Crippen LogP contribution >= 0.6 is 15.6 Å². The Morgan fingerprint density at radius 1 is 0.299 bits per heavy atom. The fourth-order valence-electron chi connectivity index (χ4n) is 9.94. The molecule has 5 atom stereocenters. The second-order valence-corrected chi connectivity index (χ2v) is 27.9. The quantitative estimate of drug-likeness (QED) is 0.0146. The van der Waals surface area contributed by atoms with E-state index in [0.29, 0.717) is 19.3 Å². The number of aliphatic hydroxyl groups excluding tert-OH is 2. The van der Waals surface area contributed by atoms with Crippen molar-refractivity contribution in [3.63, 3.8) is 0 Å². The number of rotatable bonds is 71. The molecule has 5 unspecified atom stereocenters. The van der Waals surface area contributed by atoms with Gasteiger partial charge in [0.2, 0.25) is 0 Å². The molecular formula is C79H136O16P2. The van der Waals surface area contributed by atoms with Crippen LogP contribution in [-0.4, -0.2) is 95.9 Å². The number of unbranched alkanes of at least 4 members (excludes halogenated alkanes) is 28. The van der Waals surface area contributed by atoms with Gasteiger partial charge in [0.1, 0.15) is 25.4 Å². The fourth-order valence-corrected chi connectivity index (χ4v) is 11.5. The van der Waals surface area contributed by atoms with E-state index in [-0.39, 0.29) is 19.3 Å². The van der Waals surface area contributed by atoms with Gasteiger partial charge >= 0.3 is 33.6 Å². The van der Waals surface area contributed by atoms with Crippen molar-refractivity contribution >= 4 is 33.6 Å². The van der Waals surface area contributed by atoms with Crippen molar-refractivity contribution in [2.24, 2.45) is 0 Å². The summed E-state index contributed by atoms with van der Waals surface area (Å²) < 4.78 is 61.0. The van der Waals surface area contributed by atoms with Gasteiger partial charge in [-0.15, -0.1) is 0 Å². The van der Waals surface area contributed by atoms with E-state index in [9.17, 15) is 43.5 Å². The Morgan fingerprint density at radius 2 is 0.546 bits per heavy atom. The molecule has 16 nitrogen and oxygen atoms in total. The molecule has 0 rings (SSSR count). The largest absolute Gasteiger partial charge is 0.472 e. The summed E-state index contributed by atoms with van der Waals surface area (Å²) in [5.41, 5.74) is 0. The van der Waals surface area contributed by atoms with Crippen LogP contribution in [0.4, 0.5) is 0 Å². The summed E-state index contributed by atoms with van der Waals surface area (Å²) in [4.78, 5) is 58.5. The van der Waals surface area contributed by atoms with Gasteiger partial charge in [0.15, 0.2) is 6.10 Å². The van der Waals surface area contributed by atoms with E-state index in [2.05, 4.69) is 142 Å². The van der Waals surface area contributed by atoms with Gasteiger partial charge in [-0.3, -0.25) is 32.5 Å². The molecule has 0 aliphatic heterocycles. The number of esters is 3. The van der Waals surface area contributed by atoms with Crippen molar-refractivity contribution in [1.29, 1.82) is 0 Å². The molecule has 18 heteroatoms. The van der Waals surface area contributed by atoms with Crippen LogP contribution in [0.5, 0.6) is 0 Å². The number of allylic oxidation sites excluding steroid dienone is 20. The molecule has 0 spiro atoms. The lowest BCUT2D eigenvalue weighted by atomic mass is 10.0. The van der Waals surface area contributed by atoms with Crippen LogP contribution in [0.15, 0.2) is 122 Å². The fraction of sp³-hybridized carbons (Fsp3) is 0.709. The lowest BCUT2D eigenvalue weighted by Gasteiger charge is -2.21. The van der Waals surface area contributed by atoms with E-state index in [1.807, 2.05) is 0 Å². The molecule has 0 amide bonds. The first kappa shape index (κ1) is 93.0. The van der Waals surface area contributed by atoms with Gasteiger partial charge in [0.05, 0.1) is 26.4 Å². The van der Waals surface area contributed by atoms with Crippen LogP contribution in [-0.2, 0) is 55.8 Å². The smallest absolute Gasteiger partial charge is 0.463 e. The van der Waals surface area contributed by atoms with Crippen LogP contribution in [0.25, 0.3) is 0 Å². The van der Waals surface area contributed by atoms with E-state index in [1.54, 1.807) is 0 Å². The molecular weight excluding hydrogens is 1270 g/mol. The van der Waals surface area contributed by atoms with Gasteiger partial charge in [-0.25, -0.2) is 9.13 Å². The molecule has 0 aromatic carbocycles. The molecule has 0 fully saturated rings. The first-order chi connectivity index (χ1) is 47.2. The zero-order chi connectivity index (χ0) is 70.9. The van der Waals surface area contributed by atoms with Crippen molar-refractivity contribution in [3.8, 4) is 0 Å². The SMILES string of the molecule is CC/C=C\C/C=C\C/C=C\CCCCCCCC(=O)OCC(COP(=O)(O)OCC(O)COP(=O)(O)OCC(O)COC(=O)CCCCCCCCCCCCCCCCC/C=C\C/C=C\C/C=C\C/C=C\CCCCC)OC(=O)CCCCCCC/C=C\C/C=C\C/C=C\CC. The number of phosphoric acid groups is 2. The molecule has 0 saturated carbocycles. The Morgan fingerprint density at radius 3 is 0.866 bits per heavy atom. The first-order valence-corrected chi connectivity index (χ1v) is 40.8. The zero-order valence-corrected chi connectivity index (χ0v) is 62.5. The van der Waals surface area contributed by atoms with E-state index in [0.717, 1.165) is 141 Å². The average molecular weight is 1400 g/mol. The average Bonchev–Trinajstić information content (AvgIpc) is 3.75. The van der Waals surface area contributed by atoms with Crippen LogP contribution in [0, 0.1) is 0 Å². The Hall–Kier alpha value is -4.05. The van der Waals surface area contributed by atoms with Crippen molar-refractivity contribution in [1.82, 2.24) is 0 Å². The van der Waals surface area contributed by atoms with Crippen LogP contribution < -0.4 is 0 Å². The van der Waals surface area contributed by atoms with E-state index in [1.165, 1.54) is 103 Å². The Bertz CT molecular complexity index is 2250. The predicted molar refractivity (Wildman–Crippen MR) is 399 cm³/mol. The van der Waals surface area contributed by atoms with E-state index in [4.69, 9.17) is 32.3 Å². The molecule has 0 bridgehead atoms. The van der Waals surface area contributed by atoms with Gasteiger partial charge < -0.3 is 34.2 Å². The van der Waals surface area contributed by atoms with Crippen molar-refractivity contribution in [2.45, 2.75) is 322 Å². The number of hydrogen-bond acceptors (Lipinski definition) is 14. The summed E-state index contributed by atoms with van der Waals surface area (Å²) in [7, 11) is -9.79. The topological polar surface area (TPSA) is 231 Å². The summed E-state index contributed by atoms with van der Waals surface area (Å²) in [6, 6.07) is 0. The van der Waals surface area contributed by atoms with Crippen molar-refractivity contribution in [2.75, 3.05) is 39.6 Å². The van der Waals surface area contributed by atoms with Crippen LogP contribution in [0.2, 0.25) is 0 Å². The molecule has 0 aliphatic rings. The standard InChI is InChI=1S/C79H136O16P2/c1-4-7-10-13-16-19-22-25-28-29-30-31-32-33-34-35-36-37-38-39-40-41-42-43-46-48-50-53-56-59-62-65-77(82)89-68-74(80)69-91-96(85,86)92-70-75(81)71-93-97(87,88)94-73-76(95-79(84)67-64-61-58-55-52-49-45-27-24-21-18-15-12-9-6-3)72-90-78(83)66-63-60-57-54-51-47-44-26-23-20-17-14-11-8-5-2/h8-9,11-12,16-21,25-28,30-31,33-34,44-45,74-76,80-81H,4-7,10,13-15,22-24,29,32,35-43,46-73H2,1-3H3,(H,85,86)(H,87,88)/b11-8-,12-9-,19-16-,20-17-,21-18-,28-25-,31-30-,34-33-,44-26-,45-27-. The molecule has 4 N–H and O–H groups in total. The van der Waals surface area contributed by atoms with Crippen molar-refractivity contribution in [3.05, 3.63) is 122 Å². The molecule has 0 radical (unpaired) electrons. The van der Waals surface area contributed by atoms with Gasteiger partial charge in [0.25, 0.3) is 0 Å². The summed E-state index contributed by atoms with van der Waals surface area (Å²) in [5, 5.41) is 20.6. The van der Waals surface area contributed by atoms with E-state index < -0.39 is 91.5 Å². The maximum Gasteiger partial charge on any atom is 0.472 e. The van der Waals surface area contributed by atoms with Gasteiger partial charge in [-0.1, -0.05) is 277 Å². The zero-order valence-electron chi connectivity index (χ0n) is 60.7. The third-order valence-electron chi connectivity index (χ3n) is 15.7. The highest BCUT2D eigenvalue weighted by atomic mass is 31.2. The Balaban J connectivity index is 4.45. The molecule has 0 aromatic rings. The second kappa shape index (κ2) is 71.8. The highest BCUT2D eigenvalue weighted by Gasteiger charge is 2.29. The van der Waals surface area contributed by atoms with Gasteiger partial charge in [-0.2, -0.15) is 0 Å². The first-order valence-electron chi connectivity index (χ1n) is 37.8. The molecule has 558 valence electrons. The monoisotopic (exact) mass is 1400 g/mol. The summed E-state index contributed by atoms with van der Waals surface area (Å²) in [5.74, 6) is -1.61. The maximum absolute atomic E-state index is 12.9. The van der Waals surface area contributed by atoms with Gasteiger partial charge in [-0.05, 0) is 128 Å². The highest BCUT2D eigenvalue weighted by molar-refractivity contribution is 7.47. The molecule has 97 heavy (non-hydrogen) atoms. The predicted octanol–water partition coefficient (Wildman–Crippen LogP) is 21.8. The highest BCUT2D eigenvalue weighted by Crippen LogP contribution is 2.45. The second-order valence-electron chi connectivity index (χ2n) is 25.0. The lowest BCUT2D eigenvalue weighted by molar-refractivity contribution is -0.161. The number of phosphoric ester groups is 2. The number of ether oxygens (including phenoxy) is 3. The summed E-state index contributed by atoms with van der Waals surface area (Å²) >= 11 is 0. The maximum atomic E-state index is 12.9. The van der Waals surface area contributed by atoms with Gasteiger partial charge in [0, 0.05) is 19.3 Å². The van der Waals surface area contributed by atoms with Crippen LogP contribution in [0.3, 0.4) is 0 Å². The van der Waals surface area contributed by atoms with Crippen LogP contribution in [0.1, 0.15) is 303 Å². The van der Waals surface area contributed by atoms with Crippen molar-refractivity contribution < 1.29 is 75.8 Å². The molecule has 0 aromatic heterocycles. The minimum Gasteiger partial charge on any atom is -0.463 e. The molecule has 0 aliphatic carbocycles. The normalized spacial score (nSPS) is 14.8. The summed E-state index contributed by atoms with van der Waals surface area (Å²) in [6.45, 7) is 2.39. The summed E-state index contributed by atoms with van der Waals surface area (Å²) in [6.07, 6.45) is 84.1. The molecule has 0 saturated heterocycles. The number of carbonyl (C=O) groups excluding carboxylic acids is 3. The molecule has 0 heterocycles.